The molecule has 0 spiro atoms. The Morgan fingerprint density at radius 1 is 1.11 bits per heavy atom. The van der Waals surface area contributed by atoms with E-state index >= 15 is 0 Å². The smallest absolute Gasteiger partial charge is 0.201 e. The van der Waals surface area contributed by atoms with Crippen LogP contribution in [0.15, 0.2) is 54.6 Å². The summed E-state index contributed by atoms with van der Waals surface area (Å²) in [6.07, 6.45) is 0. The molecule has 1 heterocycles. The van der Waals surface area contributed by atoms with E-state index in [4.69, 9.17) is 9.47 Å². The SMILES string of the molecule is COc1ccc(C(=O)C2(c3ccccc3)CO2)cc1. The van der Waals surface area contributed by atoms with Crippen LogP contribution in [0.2, 0.25) is 0 Å². The summed E-state index contributed by atoms with van der Waals surface area (Å²) in [5, 5.41) is 0. The van der Waals surface area contributed by atoms with Crippen LogP contribution in [0.5, 0.6) is 5.75 Å². The van der Waals surface area contributed by atoms with Crippen molar-refractivity contribution in [1.82, 2.24) is 0 Å². The van der Waals surface area contributed by atoms with Crippen LogP contribution in [0.25, 0.3) is 0 Å². The summed E-state index contributed by atoms with van der Waals surface area (Å²) in [6, 6.07) is 16.7. The molecule has 3 heteroatoms. The number of Topliss-reactive ketones (excluding diaryl/α,β-unsaturated/α-hetero) is 1. The van der Waals surface area contributed by atoms with Crippen molar-refractivity contribution < 1.29 is 14.3 Å². The van der Waals surface area contributed by atoms with E-state index in [1.807, 2.05) is 30.3 Å². The topological polar surface area (TPSA) is 38.8 Å². The molecule has 0 radical (unpaired) electrons. The average molecular weight is 254 g/mol. The summed E-state index contributed by atoms with van der Waals surface area (Å²) in [5.41, 5.74) is 0.772. The van der Waals surface area contributed by atoms with E-state index in [2.05, 4.69) is 0 Å². The molecule has 2 aromatic carbocycles. The van der Waals surface area contributed by atoms with Crippen LogP contribution < -0.4 is 4.74 Å². The lowest BCUT2D eigenvalue weighted by Crippen LogP contribution is -2.22. The van der Waals surface area contributed by atoms with E-state index in [9.17, 15) is 4.79 Å². The van der Waals surface area contributed by atoms with Crippen molar-refractivity contribution in [2.75, 3.05) is 13.7 Å². The fourth-order valence-corrected chi connectivity index (χ4v) is 2.18. The highest BCUT2D eigenvalue weighted by molar-refractivity contribution is 6.04. The summed E-state index contributed by atoms with van der Waals surface area (Å²) in [4.78, 5) is 12.6. The third-order valence-corrected chi connectivity index (χ3v) is 3.39. The number of hydrogen-bond donors (Lipinski definition) is 0. The Bertz CT molecular complexity index is 583. The van der Waals surface area contributed by atoms with Gasteiger partial charge in [-0.1, -0.05) is 30.3 Å². The Balaban J connectivity index is 1.91. The van der Waals surface area contributed by atoms with Crippen LogP contribution in [0.4, 0.5) is 0 Å². The van der Waals surface area contributed by atoms with Crippen molar-refractivity contribution in [2.45, 2.75) is 5.60 Å². The average Bonchev–Trinajstić information content (AvgIpc) is 3.29. The van der Waals surface area contributed by atoms with Gasteiger partial charge in [0.05, 0.1) is 13.7 Å². The molecule has 96 valence electrons. The second kappa shape index (κ2) is 4.52. The summed E-state index contributed by atoms with van der Waals surface area (Å²) in [7, 11) is 1.60. The molecule has 0 amide bonds. The minimum Gasteiger partial charge on any atom is -0.497 e. The summed E-state index contributed by atoms with van der Waals surface area (Å²) < 4.78 is 10.6. The lowest BCUT2D eigenvalue weighted by Gasteiger charge is -2.11. The first kappa shape index (κ1) is 11.9. The van der Waals surface area contributed by atoms with Gasteiger partial charge in [0.2, 0.25) is 5.78 Å². The van der Waals surface area contributed by atoms with Crippen LogP contribution >= 0.6 is 0 Å². The molecule has 0 aromatic heterocycles. The first-order valence-corrected chi connectivity index (χ1v) is 6.14. The van der Waals surface area contributed by atoms with Gasteiger partial charge in [0.1, 0.15) is 5.75 Å². The highest BCUT2D eigenvalue weighted by Gasteiger charge is 2.53. The Morgan fingerprint density at radius 2 is 1.74 bits per heavy atom. The molecule has 0 bridgehead atoms. The number of methoxy groups -OCH3 is 1. The van der Waals surface area contributed by atoms with E-state index < -0.39 is 5.60 Å². The second-order valence-corrected chi connectivity index (χ2v) is 4.54. The number of epoxide rings is 1. The fourth-order valence-electron chi connectivity index (χ4n) is 2.18. The Morgan fingerprint density at radius 3 is 2.26 bits per heavy atom. The zero-order chi connectivity index (χ0) is 13.3. The second-order valence-electron chi connectivity index (χ2n) is 4.54. The van der Waals surface area contributed by atoms with Crippen LogP contribution in [-0.4, -0.2) is 19.5 Å². The van der Waals surface area contributed by atoms with Crippen molar-refractivity contribution in [3.8, 4) is 5.75 Å². The van der Waals surface area contributed by atoms with Crippen LogP contribution in [0, 0.1) is 0 Å². The van der Waals surface area contributed by atoms with Crippen LogP contribution in [0.3, 0.4) is 0 Å². The summed E-state index contributed by atoms with van der Waals surface area (Å²) >= 11 is 0. The monoisotopic (exact) mass is 254 g/mol. The number of carbonyl (C=O) groups is 1. The van der Waals surface area contributed by atoms with Crippen molar-refractivity contribution >= 4 is 5.78 Å². The van der Waals surface area contributed by atoms with Crippen molar-refractivity contribution in [3.63, 3.8) is 0 Å². The molecule has 0 saturated carbocycles. The number of carbonyl (C=O) groups excluding carboxylic acids is 1. The number of ether oxygens (including phenoxy) is 2. The predicted molar refractivity (Wildman–Crippen MR) is 71.4 cm³/mol. The molecule has 1 aliphatic rings. The molecule has 3 rings (SSSR count). The molecule has 0 aliphatic carbocycles. The van der Waals surface area contributed by atoms with Gasteiger partial charge in [0, 0.05) is 5.56 Å². The lowest BCUT2D eigenvalue weighted by atomic mass is 9.91. The molecular formula is C16H14O3. The molecule has 19 heavy (non-hydrogen) atoms. The Kier molecular flexibility index (Phi) is 2.84. The number of benzene rings is 2. The van der Waals surface area contributed by atoms with Gasteiger partial charge in [-0.2, -0.15) is 0 Å². The number of rotatable bonds is 4. The van der Waals surface area contributed by atoms with E-state index in [0.29, 0.717) is 12.2 Å². The Hall–Kier alpha value is -2.13. The van der Waals surface area contributed by atoms with E-state index in [1.54, 1.807) is 31.4 Å². The molecular weight excluding hydrogens is 240 g/mol. The third-order valence-electron chi connectivity index (χ3n) is 3.39. The Labute approximate surface area is 111 Å². The summed E-state index contributed by atoms with van der Waals surface area (Å²) in [6.45, 7) is 0.446. The molecule has 1 saturated heterocycles. The normalized spacial score (nSPS) is 20.9. The maximum absolute atomic E-state index is 12.6. The maximum atomic E-state index is 12.6. The molecule has 1 aliphatic heterocycles. The molecule has 1 fully saturated rings. The lowest BCUT2D eigenvalue weighted by molar-refractivity contribution is 0.0871. The van der Waals surface area contributed by atoms with Gasteiger partial charge >= 0.3 is 0 Å². The minimum atomic E-state index is -0.782. The first-order valence-electron chi connectivity index (χ1n) is 6.14. The standard InChI is InChI=1S/C16H14O3/c1-18-14-9-7-12(8-10-14)15(17)16(11-19-16)13-5-3-2-4-6-13/h2-10H,11H2,1H3. The van der Waals surface area contributed by atoms with E-state index in [1.165, 1.54) is 0 Å². The van der Waals surface area contributed by atoms with Gasteiger partial charge in [-0.3, -0.25) is 4.79 Å². The fraction of sp³-hybridized carbons (Fsp3) is 0.188. The van der Waals surface area contributed by atoms with Gasteiger partial charge in [0.15, 0.2) is 5.60 Å². The predicted octanol–water partition coefficient (Wildman–Crippen LogP) is 2.80. The van der Waals surface area contributed by atoms with Crippen molar-refractivity contribution in [2.24, 2.45) is 0 Å². The first-order chi connectivity index (χ1) is 9.26. The van der Waals surface area contributed by atoms with Crippen molar-refractivity contribution in [1.29, 1.82) is 0 Å². The molecule has 0 N–H and O–H groups in total. The van der Waals surface area contributed by atoms with Gasteiger partial charge in [-0.15, -0.1) is 0 Å². The number of ketones is 1. The largest absolute Gasteiger partial charge is 0.497 e. The summed E-state index contributed by atoms with van der Waals surface area (Å²) in [5.74, 6) is 0.739. The quantitative estimate of drug-likeness (QED) is 0.622. The van der Waals surface area contributed by atoms with Gasteiger partial charge < -0.3 is 9.47 Å². The highest BCUT2D eigenvalue weighted by Crippen LogP contribution is 2.41. The molecule has 2 aromatic rings. The van der Waals surface area contributed by atoms with Gasteiger partial charge in [0.25, 0.3) is 0 Å². The zero-order valence-corrected chi connectivity index (χ0v) is 10.6. The van der Waals surface area contributed by atoms with Gasteiger partial charge in [-0.05, 0) is 29.8 Å². The van der Waals surface area contributed by atoms with Crippen molar-refractivity contribution in [3.05, 3.63) is 65.7 Å². The third kappa shape index (κ3) is 2.02. The maximum Gasteiger partial charge on any atom is 0.201 e. The number of hydrogen-bond acceptors (Lipinski definition) is 3. The minimum absolute atomic E-state index is 0.00125. The van der Waals surface area contributed by atoms with E-state index in [0.717, 1.165) is 11.3 Å². The molecule has 1 atom stereocenters. The van der Waals surface area contributed by atoms with E-state index in [-0.39, 0.29) is 5.78 Å². The van der Waals surface area contributed by atoms with Gasteiger partial charge in [-0.25, -0.2) is 0 Å². The highest BCUT2D eigenvalue weighted by atomic mass is 16.6. The van der Waals surface area contributed by atoms with Crippen LogP contribution in [-0.2, 0) is 10.3 Å². The molecule has 3 nitrogen and oxygen atoms in total. The van der Waals surface area contributed by atoms with Crippen LogP contribution in [0.1, 0.15) is 15.9 Å². The molecule has 1 unspecified atom stereocenters. The zero-order valence-electron chi connectivity index (χ0n) is 10.6.